The highest BCUT2D eigenvalue weighted by molar-refractivity contribution is 5.97. The first-order valence-corrected chi connectivity index (χ1v) is 6.41. The van der Waals surface area contributed by atoms with E-state index in [1.807, 2.05) is 6.92 Å². The van der Waals surface area contributed by atoms with Crippen LogP contribution < -0.4 is 10.6 Å². The lowest BCUT2D eigenvalue weighted by Gasteiger charge is -2.26. The van der Waals surface area contributed by atoms with Crippen LogP contribution in [0.25, 0.3) is 0 Å². The van der Waals surface area contributed by atoms with Crippen molar-refractivity contribution < 1.29 is 14.4 Å². The van der Waals surface area contributed by atoms with Gasteiger partial charge in [0.25, 0.3) is 5.91 Å². The first-order valence-electron chi connectivity index (χ1n) is 6.41. The molecule has 1 rings (SSSR count). The van der Waals surface area contributed by atoms with Crippen LogP contribution in [0.15, 0.2) is 36.5 Å². The molecule has 6 heteroatoms. The number of carbonyl (C=O) groups excluding carboxylic acids is 3. The van der Waals surface area contributed by atoms with Gasteiger partial charge >= 0.3 is 6.03 Å². The lowest BCUT2D eigenvalue weighted by Crippen LogP contribution is -2.51. The van der Waals surface area contributed by atoms with Gasteiger partial charge in [-0.2, -0.15) is 0 Å². The number of rotatable bonds is 6. The SMILES string of the molecule is C=C/C=C(\C=C/C)C(=O)NCCN1CCC(=O)NC1=O. The Labute approximate surface area is 118 Å². The van der Waals surface area contributed by atoms with E-state index in [4.69, 9.17) is 0 Å². The van der Waals surface area contributed by atoms with Crippen molar-refractivity contribution in [2.45, 2.75) is 13.3 Å². The number of carbonyl (C=O) groups is 3. The van der Waals surface area contributed by atoms with Gasteiger partial charge in [0.05, 0.1) is 0 Å². The summed E-state index contributed by atoms with van der Waals surface area (Å²) in [4.78, 5) is 35.8. The summed E-state index contributed by atoms with van der Waals surface area (Å²) in [5, 5.41) is 4.95. The molecule has 0 aromatic heterocycles. The average molecular weight is 277 g/mol. The minimum Gasteiger partial charge on any atom is -0.350 e. The maximum Gasteiger partial charge on any atom is 0.324 e. The second-order valence-electron chi connectivity index (χ2n) is 4.20. The summed E-state index contributed by atoms with van der Waals surface area (Å²) in [5.41, 5.74) is 0.501. The van der Waals surface area contributed by atoms with Crippen molar-refractivity contribution in [3.63, 3.8) is 0 Å². The summed E-state index contributed by atoms with van der Waals surface area (Å²) in [7, 11) is 0. The molecule has 0 saturated carbocycles. The van der Waals surface area contributed by atoms with E-state index in [1.54, 1.807) is 24.3 Å². The molecule has 1 aliphatic heterocycles. The smallest absolute Gasteiger partial charge is 0.324 e. The Morgan fingerprint density at radius 2 is 2.25 bits per heavy atom. The van der Waals surface area contributed by atoms with Crippen LogP contribution in [0.3, 0.4) is 0 Å². The quantitative estimate of drug-likeness (QED) is 0.555. The molecule has 1 aliphatic rings. The Morgan fingerprint density at radius 1 is 1.50 bits per heavy atom. The molecule has 0 atom stereocenters. The van der Waals surface area contributed by atoms with Crippen LogP contribution in [0.1, 0.15) is 13.3 Å². The lowest BCUT2D eigenvalue weighted by atomic mass is 10.2. The molecule has 0 unspecified atom stereocenters. The highest BCUT2D eigenvalue weighted by Gasteiger charge is 2.22. The normalized spacial score (nSPS) is 16.2. The van der Waals surface area contributed by atoms with E-state index < -0.39 is 6.03 Å². The number of imide groups is 1. The Morgan fingerprint density at radius 3 is 2.85 bits per heavy atom. The summed E-state index contributed by atoms with van der Waals surface area (Å²) < 4.78 is 0. The predicted molar refractivity (Wildman–Crippen MR) is 75.8 cm³/mol. The number of urea groups is 1. The summed E-state index contributed by atoms with van der Waals surface area (Å²) in [5.74, 6) is -0.490. The highest BCUT2D eigenvalue weighted by Crippen LogP contribution is 2.00. The highest BCUT2D eigenvalue weighted by atomic mass is 16.2. The molecule has 4 amide bonds. The van der Waals surface area contributed by atoms with Gasteiger partial charge in [0.15, 0.2) is 0 Å². The van der Waals surface area contributed by atoms with E-state index in [9.17, 15) is 14.4 Å². The Bertz CT molecular complexity index is 466. The summed E-state index contributed by atoms with van der Waals surface area (Å²) in [6, 6.07) is -0.411. The molecule has 20 heavy (non-hydrogen) atoms. The summed E-state index contributed by atoms with van der Waals surface area (Å²) >= 11 is 0. The number of hydrogen-bond donors (Lipinski definition) is 2. The van der Waals surface area contributed by atoms with Crippen molar-refractivity contribution in [3.05, 3.63) is 36.5 Å². The topological polar surface area (TPSA) is 78.5 Å². The standard InChI is InChI=1S/C14H19N3O3/c1-3-5-11(6-4-2)13(19)15-8-10-17-9-7-12(18)16-14(17)20/h3-6H,1,7-10H2,2H3,(H,15,19)(H,16,18,20)/b6-4-,11-5+. The van der Waals surface area contributed by atoms with E-state index in [1.165, 1.54) is 4.90 Å². The van der Waals surface area contributed by atoms with Gasteiger partial charge in [0.2, 0.25) is 5.91 Å². The second kappa shape index (κ2) is 7.93. The zero-order valence-electron chi connectivity index (χ0n) is 11.5. The van der Waals surface area contributed by atoms with Crippen molar-refractivity contribution in [2.75, 3.05) is 19.6 Å². The number of nitrogens with one attached hydrogen (secondary N) is 2. The summed E-state index contributed by atoms with van der Waals surface area (Å²) in [6.07, 6.45) is 6.89. The molecule has 6 nitrogen and oxygen atoms in total. The zero-order valence-corrected chi connectivity index (χ0v) is 11.5. The Balaban J connectivity index is 2.42. The Hall–Kier alpha value is -2.37. The van der Waals surface area contributed by atoms with E-state index >= 15 is 0 Å². The van der Waals surface area contributed by atoms with Crippen molar-refractivity contribution in [1.29, 1.82) is 0 Å². The van der Waals surface area contributed by atoms with Crippen LogP contribution in [0, 0.1) is 0 Å². The van der Waals surface area contributed by atoms with E-state index in [0.717, 1.165) is 0 Å². The molecular weight excluding hydrogens is 258 g/mol. The molecule has 0 radical (unpaired) electrons. The third kappa shape index (κ3) is 4.72. The van der Waals surface area contributed by atoms with E-state index in [-0.39, 0.29) is 11.8 Å². The van der Waals surface area contributed by atoms with Gasteiger partial charge in [-0.25, -0.2) is 4.79 Å². The monoisotopic (exact) mass is 277 g/mol. The maximum absolute atomic E-state index is 11.8. The number of allylic oxidation sites excluding steroid dienone is 3. The molecule has 1 heterocycles. The fourth-order valence-electron chi connectivity index (χ4n) is 1.73. The van der Waals surface area contributed by atoms with E-state index in [2.05, 4.69) is 17.2 Å². The molecule has 108 valence electrons. The summed E-state index contributed by atoms with van der Waals surface area (Å²) in [6.45, 7) is 6.44. The molecule has 0 aromatic rings. The first-order chi connectivity index (χ1) is 9.58. The molecular formula is C14H19N3O3. The van der Waals surface area contributed by atoms with Gasteiger partial charge in [0.1, 0.15) is 0 Å². The van der Waals surface area contributed by atoms with Gasteiger partial charge in [0, 0.05) is 31.6 Å². The fraction of sp³-hybridized carbons (Fsp3) is 0.357. The molecule has 0 spiro atoms. The maximum atomic E-state index is 11.8. The van der Waals surface area contributed by atoms with Gasteiger partial charge in [-0.15, -0.1) is 0 Å². The lowest BCUT2D eigenvalue weighted by molar-refractivity contribution is -0.121. The van der Waals surface area contributed by atoms with Gasteiger partial charge in [-0.1, -0.05) is 30.9 Å². The second-order valence-corrected chi connectivity index (χ2v) is 4.20. The minimum absolute atomic E-state index is 0.225. The molecule has 2 N–H and O–H groups in total. The molecule has 0 aliphatic carbocycles. The number of amides is 4. The van der Waals surface area contributed by atoms with Crippen LogP contribution in [-0.2, 0) is 9.59 Å². The van der Waals surface area contributed by atoms with Crippen LogP contribution in [-0.4, -0.2) is 42.4 Å². The number of nitrogens with zero attached hydrogens (tertiary/aromatic N) is 1. The first kappa shape index (κ1) is 15.7. The van der Waals surface area contributed by atoms with Crippen molar-refractivity contribution in [1.82, 2.24) is 15.5 Å². The molecule has 1 fully saturated rings. The minimum atomic E-state index is -0.411. The third-order valence-corrected chi connectivity index (χ3v) is 2.72. The average Bonchev–Trinajstić information content (AvgIpc) is 2.41. The Kier molecular flexibility index (Phi) is 6.22. The largest absolute Gasteiger partial charge is 0.350 e. The van der Waals surface area contributed by atoms with Crippen molar-refractivity contribution in [3.8, 4) is 0 Å². The molecule has 0 aromatic carbocycles. The number of hydrogen-bond acceptors (Lipinski definition) is 3. The zero-order chi connectivity index (χ0) is 15.0. The van der Waals surface area contributed by atoms with Crippen molar-refractivity contribution >= 4 is 17.8 Å². The van der Waals surface area contributed by atoms with E-state index in [0.29, 0.717) is 31.6 Å². The van der Waals surface area contributed by atoms with Gasteiger partial charge in [-0.3, -0.25) is 14.9 Å². The van der Waals surface area contributed by atoms with Crippen LogP contribution >= 0.6 is 0 Å². The molecule has 1 saturated heterocycles. The van der Waals surface area contributed by atoms with Gasteiger partial charge < -0.3 is 10.2 Å². The molecule has 0 bridgehead atoms. The fourth-order valence-corrected chi connectivity index (χ4v) is 1.73. The van der Waals surface area contributed by atoms with Crippen molar-refractivity contribution in [2.24, 2.45) is 0 Å². The third-order valence-electron chi connectivity index (χ3n) is 2.72. The van der Waals surface area contributed by atoms with Gasteiger partial charge in [-0.05, 0) is 6.92 Å². The van der Waals surface area contributed by atoms with Crippen LogP contribution in [0.2, 0.25) is 0 Å². The van der Waals surface area contributed by atoms with Crippen LogP contribution in [0.4, 0.5) is 4.79 Å². The van der Waals surface area contributed by atoms with Crippen LogP contribution in [0.5, 0.6) is 0 Å². The predicted octanol–water partition coefficient (Wildman–Crippen LogP) is 0.733.